The van der Waals surface area contributed by atoms with Gasteiger partial charge in [-0.25, -0.2) is 4.79 Å². The normalized spacial score (nSPS) is 21.6. The van der Waals surface area contributed by atoms with Crippen molar-refractivity contribution >= 4 is 123 Å². The summed E-state index contributed by atoms with van der Waals surface area (Å²) in [4.78, 5) is 238. The van der Waals surface area contributed by atoms with Crippen molar-refractivity contribution in [1.29, 1.82) is 0 Å². The Labute approximate surface area is 618 Å². The molecule has 107 heavy (non-hydrogen) atoms. The predicted molar refractivity (Wildman–Crippen MR) is 378 cm³/mol. The number of H-pyrrole nitrogens is 1. The molecule has 1 aromatic heterocycles. The average molecular weight is 1510 g/mol. The van der Waals surface area contributed by atoms with Gasteiger partial charge in [0.25, 0.3) is 11.8 Å². The molecule has 1 fully saturated rings. The Kier molecular flexibility index (Phi) is 31.1. The third-order valence-electron chi connectivity index (χ3n) is 18.5. The summed E-state index contributed by atoms with van der Waals surface area (Å²) in [5.74, 6) is -16.4. The number of para-hydroxylation sites is 1. The molecule has 11 atom stereocenters. The van der Waals surface area contributed by atoms with Crippen LogP contribution in [0.1, 0.15) is 76.8 Å². The quantitative estimate of drug-likeness (QED) is 0.0251. The van der Waals surface area contributed by atoms with Gasteiger partial charge >= 0.3 is 12.1 Å². The second-order valence-corrected chi connectivity index (χ2v) is 27.4. The molecule has 0 spiro atoms. The van der Waals surface area contributed by atoms with Gasteiger partial charge in [0.15, 0.2) is 0 Å². The lowest BCUT2D eigenvalue weighted by Crippen LogP contribution is -2.62. The molecule has 4 aliphatic heterocycles. The Hall–Kier alpha value is -11.0. The molecule has 2 bridgehead atoms. The van der Waals surface area contributed by atoms with Gasteiger partial charge in [0.1, 0.15) is 48.4 Å². The number of ether oxygens (including phenoxy) is 1. The van der Waals surface area contributed by atoms with Crippen molar-refractivity contribution in [1.82, 2.24) is 83.1 Å². The number of fused-ring (bicyclic) bond motifs is 5. The molecule has 15 N–H and O–H groups in total. The molecule has 16 amide bonds. The summed E-state index contributed by atoms with van der Waals surface area (Å²) in [5.41, 5.74) is 1.48. The number of rotatable bonds is 27. The van der Waals surface area contributed by atoms with E-state index in [-0.39, 0.29) is 49.7 Å². The molecule has 0 aliphatic carbocycles. The Morgan fingerprint density at radius 1 is 0.692 bits per heavy atom. The number of aromatic nitrogens is 1. The van der Waals surface area contributed by atoms with E-state index in [2.05, 4.69) is 63.5 Å². The van der Waals surface area contributed by atoms with Crippen LogP contribution in [-0.2, 0) is 94.3 Å². The topological polar surface area (TPSA) is 521 Å². The number of likely N-dealkylation sites (N-methyl/N-ethyl adjacent to an activating group) is 2. The number of nitrogens with zero attached hydrogens (tertiary/aromatic N) is 4. The highest BCUT2D eigenvalue weighted by atomic mass is 32.2. The summed E-state index contributed by atoms with van der Waals surface area (Å²) in [6.07, 6.45) is -2.18. The highest BCUT2D eigenvalue weighted by Gasteiger charge is 2.47. The van der Waals surface area contributed by atoms with Gasteiger partial charge in [0.05, 0.1) is 63.4 Å². The minimum Gasteiger partial charge on any atom is -0.481 e. The van der Waals surface area contributed by atoms with Crippen LogP contribution in [-0.4, -0.2) is 280 Å². The van der Waals surface area contributed by atoms with E-state index in [1.165, 1.54) is 33.2 Å². The van der Waals surface area contributed by atoms with Crippen molar-refractivity contribution in [3.63, 3.8) is 0 Å². The largest absolute Gasteiger partial charge is 0.481 e. The van der Waals surface area contributed by atoms with Gasteiger partial charge in [0, 0.05) is 94.1 Å². The highest BCUT2D eigenvalue weighted by Crippen LogP contribution is 2.32. The first-order chi connectivity index (χ1) is 50.9. The van der Waals surface area contributed by atoms with Gasteiger partial charge in [-0.15, -0.1) is 11.8 Å². The van der Waals surface area contributed by atoms with Crippen molar-refractivity contribution in [2.24, 2.45) is 11.8 Å². The number of amides is 16. The Balaban J connectivity index is 1.04. The summed E-state index contributed by atoms with van der Waals surface area (Å²) in [7, 11) is 2.64. The monoisotopic (exact) mass is 1510 g/mol. The Morgan fingerprint density at radius 2 is 1.35 bits per heavy atom. The van der Waals surface area contributed by atoms with Crippen LogP contribution < -0.4 is 58.5 Å². The van der Waals surface area contributed by atoms with Crippen molar-refractivity contribution in [3.05, 3.63) is 77.9 Å². The van der Waals surface area contributed by atoms with E-state index < -0.39 is 226 Å². The number of carboxylic acids is 1. The SMILES string of the molecule is CC[C@H](C)[C@H]1NC(=O)CNC(=O)C2Cc3c([nH]c4ccccc34)SCC(NC(=O)CNC1=O)C(=O)N[C@@H](CC(=O)O)C(=O)N1C[C@@H](OC(=O)N(C)CCN(C)C(=O)CNC(=O)[C@@H](Cc3ccccc3)NC(=O)CNC(=O)CNC(=O)CCCCCN3C(=O)C=CC3=O)C[C@@H]1C(=O)N[C@H]([C@@H](C)[C@@H](O)CO)C(=O)N2. The fraction of sp³-hybridized carbons (Fsp3) is 0.522. The maximum Gasteiger partial charge on any atom is 0.409 e. The molecule has 7 rings (SSSR count). The Bertz CT molecular complexity index is 3840. The molecule has 38 heteroatoms. The molecular formula is C69H92N16O21S. The number of imide groups is 1. The van der Waals surface area contributed by atoms with Gasteiger partial charge in [0.2, 0.25) is 76.8 Å². The summed E-state index contributed by atoms with van der Waals surface area (Å²) >= 11 is 0.936. The zero-order chi connectivity index (χ0) is 78.2. The van der Waals surface area contributed by atoms with E-state index in [0.717, 1.165) is 31.4 Å². The number of benzene rings is 2. The fourth-order valence-electron chi connectivity index (χ4n) is 11.9. The van der Waals surface area contributed by atoms with Crippen molar-refractivity contribution in [3.8, 4) is 0 Å². The molecule has 5 heterocycles. The third-order valence-corrected chi connectivity index (χ3v) is 19.6. The average Bonchev–Trinajstić information content (AvgIpc) is 1.67. The lowest BCUT2D eigenvalue weighted by molar-refractivity contribution is -0.146. The molecule has 4 aliphatic rings. The lowest BCUT2D eigenvalue weighted by Gasteiger charge is -2.32. The van der Waals surface area contributed by atoms with Gasteiger partial charge < -0.3 is 98.2 Å². The van der Waals surface area contributed by atoms with Crippen molar-refractivity contribution in [2.75, 3.05) is 85.4 Å². The van der Waals surface area contributed by atoms with Crippen LogP contribution in [0.5, 0.6) is 0 Å². The number of aromatic amines is 1. The van der Waals surface area contributed by atoms with Gasteiger partial charge in [-0.2, -0.15) is 0 Å². The number of aliphatic carboxylic acids is 1. The van der Waals surface area contributed by atoms with Crippen LogP contribution in [0.4, 0.5) is 4.79 Å². The minimum atomic E-state index is -2.04. The summed E-state index contributed by atoms with van der Waals surface area (Å²) in [6.45, 7) is -0.361. The number of thioether (sulfide) groups is 1. The number of carbonyl (C=O) groups excluding carboxylic acids is 16. The number of hydrogen-bond acceptors (Lipinski definition) is 21. The first-order valence-corrected chi connectivity index (χ1v) is 35.9. The number of nitrogens with one attached hydrogen (secondary N) is 12. The standard InChI is InChI=1S/C69H92N16O21S/c1-6-37(2)59-65(102)73-31-53(91)76-47-36-107-67-42(41-17-12-13-18-43(41)79-67)27-45(62(99)72-32-54(92)80-59)77-66(103)60(38(3)49(87)35-86)81-64(101)48-26-40(34-85(48)68(104)46(28-58(96)97)78-63(47)100)106-69(105)83(5)24-23-82(4)57(95)33-74-61(98)44(25-39-15-9-7-10-16-39)75-52(90)30-71-51(89)29-70-50(88)19-11-8-14-22-84-55(93)20-21-56(84)94/h7,9-10,12-13,15-18,20-21,37-38,40,44-49,59-60,79,86-87H,6,8,11,14,19,22-36H2,1-5H3,(H,70,88)(H,71,89)(H,72,99)(H,73,102)(H,74,98)(H,75,90)(H,76,91)(H,77,103)(H,78,100)(H,80,92)(H,81,101)(H,96,97)/t37-,38-,40-,44+,45?,46-,47?,48+,49-,59+,60+/m0/s1. The van der Waals surface area contributed by atoms with E-state index in [4.69, 9.17) is 4.74 Å². The van der Waals surface area contributed by atoms with E-state index in [1.807, 2.05) is 0 Å². The number of unbranched alkanes of at least 4 members (excludes halogenated alkanes) is 2. The van der Waals surface area contributed by atoms with Crippen molar-refractivity contribution in [2.45, 2.75) is 138 Å². The maximum atomic E-state index is 15.1. The van der Waals surface area contributed by atoms with Crippen LogP contribution in [0.15, 0.2) is 71.8 Å². The Morgan fingerprint density at radius 3 is 2.04 bits per heavy atom. The second-order valence-electron chi connectivity index (χ2n) is 26.3. The lowest BCUT2D eigenvalue weighted by atomic mass is 9.93. The van der Waals surface area contributed by atoms with Crippen LogP contribution in [0, 0.1) is 11.8 Å². The molecule has 1 saturated heterocycles. The number of carbonyl (C=O) groups is 17. The number of carboxylic acid groups (broad SMARTS) is 1. The number of aliphatic hydroxyl groups excluding tert-OH is 2. The second kappa shape index (κ2) is 39.9. The number of hydrogen-bond donors (Lipinski definition) is 15. The predicted octanol–water partition coefficient (Wildman–Crippen LogP) is -4.95. The van der Waals surface area contributed by atoms with Crippen molar-refractivity contribution < 1.29 is 102 Å². The van der Waals surface area contributed by atoms with E-state index in [0.29, 0.717) is 47.7 Å². The smallest absolute Gasteiger partial charge is 0.409 e. The molecule has 37 nitrogen and oxygen atoms in total. The summed E-state index contributed by atoms with van der Waals surface area (Å²) in [5, 5.41) is 59.8. The summed E-state index contributed by atoms with van der Waals surface area (Å²) < 4.78 is 5.83. The van der Waals surface area contributed by atoms with Crippen LogP contribution in [0.25, 0.3) is 10.9 Å². The van der Waals surface area contributed by atoms with E-state index in [9.17, 15) is 92.0 Å². The third kappa shape index (κ3) is 24.3. The molecule has 0 radical (unpaired) electrons. The van der Waals surface area contributed by atoms with Gasteiger partial charge in [-0.05, 0) is 36.0 Å². The molecule has 0 saturated carbocycles. The van der Waals surface area contributed by atoms with Gasteiger partial charge in [-0.1, -0.05) is 82.1 Å². The first kappa shape index (κ1) is 83.3. The van der Waals surface area contributed by atoms with Crippen LogP contribution >= 0.6 is 11.8 Å². The zero-order valence-corrected chi connectivity index (χ0v) is 60.5. The van der Waals surface area contributed by atoms with E-state index in [1.54, 1.807) is 68.4 Å². The molecule has 2 aromatic carbocycles. The molecular weight excluding hydrogens is 1420 g/mol. The maximum absolute atomic E-state index is 15.1. The number of aliphatic hydroxyl groups is 2. The van der Waals surface area contributed by atoms with Gasteiger partial charge in [-0.3, -0.25) is 81.6 Å². The first-order valence-electron chi connectivity index (χ1n) is 34.9. The summed E-state index contributed by atoms with van der Waals surface area (Å²) in [6, 6.07) is 3.75. The highest BCUT2D eigenvalue weighted by molar-refractivity contribution is 7.99. The minimum absolute atomic E-state index is 0.0479. The fourth-order valence-corrected chi connectivity index (χ4v) is 13.0. The van der Waals surface area contributed by atoms with Crippen LogP contribution in [0.2, 0.25) is 0 Å². The molecule has 3 aromatic rings. The zero-order valence-electron chi connectivity index (χ0n) is 59.7. The van der Waals surface area contributed by atoms with E-state index >= 15 is 4.79 Å². The molecule has 2 unspecified atom stereocenters. The van der Waals surface area contributed by atoms with Crippen LogP contribution in [0.3, 0.4) is 0 Å². The molecule has 580 valence electrons.